The Balaban J connectivity index is 2.07. The van der Waals surface area contributed by atoms with Gasteiger partial charge in [0.2, 0.25) is 21.8 Å². The summed E-state index contributed by atoms with van der Waals surface area (Å²) in [6, 6.07) is 20.5. The van der Waals surface area contributed by atoms with Crippen LogP contribution in [-0.2, 0) is 32.6 Å². The number of rotatable bonds is 12. The van der Waals surface area contributed by atoms with E-state index in [1.807, 2.05) is 75.4 Å². The summed E-state index contributed by atoms with van der Waals surface area (Å²) >= 11 is 6.28. The zero-order valence-corrected chi connectivity index (χ0v) is 25.0. The van der Waals surface area contributed by atoms with E-state index >= 15 is 0 Å². The normalized spacial score (nSPS) is 12.1. The lowest BCUT2D eigenvalue weighted by molar-refractivity contribution is -0.140. The molecule has 0 unspecified atom stereocenters. The van der Waals surface area contributed by atoms with Crippen LogP contribution in [0.3, 0.4) is 0 Å². The largest absolute Gasteiger partial charge is 0.495 e. The van der Waals surface area contributed by atoms with Crippen LogP contribution in [0.15, 0.2) is 72.8 Å². The maximum Gasteiger partial charge on any atom is 0.244 e. The second-order valence-electron chi connectivity index (χ2n) is 9.97. The highest BCUT2D eigenvalue weighted by molar-refractivity contribution is 7.92. The average Bonchev–Trinajstić information content (AvgIpc) is 2.88. The van der Waals surface area contributed by atoms with Crippen molar-refractivity contribution < 1.29 is 22.7 Å². The fourth-order valence-electron chi connectivity index (χ4n) is 4.37. The molecule has 0 saturated carbocycles. The van der Waals surface area contributed by atoms with Gasteiger partial charge in [0.05, 0.1) is 24.1 Å². The minimum atomic E-state index is -3.90. The summed E-state index contributed by atoms with van der Waals surface area (Å²) in [6.45, 7) is 5.24. The molecule has 0 aliphatic rings. The molecule has 10 heteroatoms. The number of sulfonamides is 1. The number of nitrogens with one attached hydrogen (secondary N) is 1. The molecule has 0 aliphatic heterocycles. The molecule has 8 nitrogen and oxygen atoms in total. The van der Waals surface area contributed by atoms with Gasteiger partial charge in [0.25, 0.3) is 0 Å². The molecule has 3 aromatic rings. The van der Waals surface area contributed by atoms with Gasteiger partial charge in [0, 0.05) is 19.0 Å². The fourth-order valence-corrected chi connectivity index (χ4v) is 5.46. The molecule has 3 aromatic carbocycles. The molecule has 0 radical (unpaired) electrons. The molecule has 0 bridgehead atoms. The van der Waals surface area contributed by atoms with E-state index in [0.717, 1.165) is 27.3 Å². The van der Waals surface area contributed by atoms with E-state index in [0.29, 0.717) is 5.75 Å². The Labute approximate surface area is 241 Å². The lowest BCUT2D eigenvalue weighted by Gasteiger charge is -2.34. The maximum atomic E-state index is 14.1. The predicted octanol–water partition coefficient (Wildman–Crippen LogP) is 4.59. The molecule has 1 N–H and O–H groups in total. The van der Waals surface area contributed by atoms with Gasteiger partial charge in [-0.25, -0.2) is 8.42 Å². The number of anilines is 1. The molecule has 2 amide bonds. The molecule has 0 saturated heterocycles. The lowest BCUT2D eigenvalue weighted by Crippen LogP contribution is -2.54. The number of ether oxygens (including phenoxy) is 1. The predicted molar refractivity (Wildman–Crippen MR) is 159 cm³/mol. The number of amides is 2. The van der Waals surface area contributed by atoms with Crippen molar-refractivity contribution >= 4 is 39.1 Å². The Morgan fingerprint density at radius 1 is 0.975 bits per heavy atom. The van der Waals surface area contributed by atoms with E-state index in [1.165, 1.54) is 24.1 Å². The number of hydrogen-bond acceptors (Lipinski definition) is 5. The molecule has 0 heterocycles. The zero-order valence-electron chi connectivity index (χ0n) is 23.4. The molecule has 0 aromatic heterocycles. The summed E-state index contributed by atoms with van der Waals surface area (Å²) in [6.07, 6.45) is 1.28. The number of carbonyl (C=O) groups excluding carboxylic acids is 2. The third-order valence-electron chi connectivity index (χ3n) is 6.24. The highest BCUT2D eigenvalue weighted by Gasteiger charge is 2.33. The van der Waals surface area contributed by atoms with E-state index in [4.69, 9.17) is 16.3 Å². The zero-order chi connectivity index (χ0) is 29.4. The summed E-state index contributed by atoms with van der Waals surface area (Å²) < 4.78 is 32.0. The maximum absolute atomic E-state index is 14.1. The summed E-state index contributed by atoms with van der Waals surface area (Å²) in [5.74, 6) is -0.475. The third kappa shape index (κ3) is 8.47. The number of benzene rings is 3. The third-order valence-corrected chi connectivity index (χ3v) is 7.68. The summed E-state index contributed by atoms with van der Waals surface area (Å²) in [5, 5.41) is 3.14. The van der Waals surface area contributed by atoms with E-state index in [9.17, 15) is 18.0 Å². The summed E-state index contributed by atoms with van der Waals surface area (Å²) in [7, 11) is -2.45. The van der Waals surface area contributed by atoms with Gasteiger partial charge in [0.15, 0.2) is 0 Å². The van der Waals surface area contributed by atoms with Gasteiger partial charge in [-0.1, -0.05) is 71.8 Å². The minimum Gasteiger partial charge on any atom is -0.495 e. The van der Waals surface area contributed by atoms with Gasteiger partial charge in [-0.2, -0.15) is 0 Å². The fraction of sp³-hybridized carbons (Fsp3) is 0.333. The van der Waals surface area contributed by atoms with Crippen molar-refractivity contribution in [1.82, 2.24) is 10.2 Å². The Bertz CT molecular complexity index is 1430. The van der Waals surface area contributed by atoms with Gasteiger partial charge in [-0.15, -0.1) is 0 Å². The summed E-state index contributed by atoms with van der Waals surface area (Å²) in [4.78, 5) is 29.1. The molecule has 3 rings (SSSR count). The standard InChI is InChI=1S/C30H36ClN3O5S/c1-21(2)32-30(36)27(17-23-11-7-6-8-12-23)33(19-24-13-9-10-22(3)16-24)29(35)20-34(40(5,37)38)25-14-15-28(39-4)26(31)18-25/h6-16,18,21,27H,17,19-20H2,1-5H3,(H,32,36)/t27-/m1/s1. The van der Waals surface area contributed by atoms with Crippen LogP contribution in [0.2, 0.25) is 5.02 Å². The number of halogens is 1. The summed E-state index contributed by atoms with van der Waals surface area (Å²) in [5.41, 5.74) is 2.91. The number of methoxy groups -OCH3 is 1. The monoisotopic (exact) mass is 585 g/mol. The second-order valence-corrected chi connectivity index (χ2v) is 12.3. The first-order chi connectivity index (χ1) is 18.9. The van der Waals surface area contributed by atoms with E-state index in [-0.39, 0.29) is 35.6 Å². The molecular weight excluding hydrogens is 550 g/mol. The van der Waals surface area contributed by atoms with Crippen LogP contribution >= 0.6 is 11.6 Å². The highest BCUT2D eigenvalue weighted by atomic mass is 35.5. The Kier molecular flexibility index (Phi) is 10.6. The van der Waals surface area contributed by atoms with Crippen molar-refractivity contribution in [2.45, 2.75) is 45.8 Å². The van der Waals surface area contributed by atoms with Crippen LogP contribution in [0, 0.1) is 6.92 Å². The smallest absolute Gasteiger partial charge is 0.244 e. The van der Waals surface area contributed by atoms with E-state index < -0.39 is 28.5 Å². The Morgan fingerprint density at radius 3 is 2.23 bits per heavy atom. The molecule has 0 aliphatic carbocycles. The lowest BCUT2D eigenvalue weighted by atomic mass is 10.0. The molecule has 0 spiro atoms. The van der Waals surface area contributed by atoms with E-state index in [1.54, 1.807) is 6.07 Å². The highest BCUT2D eigenvalue weighted by Crippen LogP contribution is 2.30. The molecule has 0 fully saturated rings. The van der Waals surface area contributed by atoms with Gasteiger partial charge >= 0.3 is 0 Å². The van der Waals surface area contributed by atoms with Crippen LogP contribution in [0.1, 0.15) is 30.5 Å². The van der Waals surface area contributed by atoms with E-state index in [2.05, 4.69) is 5.32 Å². The van der Waals surface area contributed by atoms with Crippen LogP contribution in [0.4, 0.5) is 5.69 Å². The quantitative estimate of drug-likeness (QED) is 0.335. The van der Waals surface area contributed by atoms with Gasteiger partial charge in [0.1, 0.15) is 18.3 Å². The first-order valence-corrected chi connectivity index (χ1v) is 15.1. The molecular formula is C30H36ClN3O5S. The van der Waals surface area contributed by atoms with Crippen LogP contribution in [-0.4, -0.2) is 57.1 Å². The van der Waals surface area contributed by atoms with Crippen molar-refractivity contribution in [3.05, 3.63) is 94.5 Å². The molecule has 1 atom stereocenters. The van der Waals surface area contributed by atoms with Crippen molar-refractivity contribution in [1.29, 1.82) is 0 Å². The van der Waals surface area contributed by atoms with Crippen molar-refractivity contribution in [3.63, 3.8) is 0 Å². The number of nitrogens with zero attached hydrogens (tertiary/aromatic N) is 2. The van der Waals surface area contributed by atoms with Crippen molar-refractivity contribution in [2.24, 2.45) is 0 Å². The van der Waals surface area contributed by atoms with Crippen LogP contribution in [0.25, 0.3) is 0 Å². The second kappa shape index (κ2) is 13.7. The SMILES string of the molecule is COc1ccc(N(CC(=O)N(Cc2cccc(C)c2)[C@H](Cc2ccccc2)C(=O)NC(C)C)S(C)(=O)=O)cc1Cl. The van der Waals surface area contributed by atoms with Gasteiger partial charge in [-0.05, 0) is 50.1 Å². The van der Waals surface area contributed by atoms with Crippen LogP contribution in [0.5, 0.6) is 5.75 Å². The number of aryl methyl sites for hydroxylation is 1. The average molecular weight is 586 g/mol. The van der Waals surface area contributed by atoms with Crippen molar-refractivity contribution in [2.75, 3.05) is 24.2 Å². The topological polar surface area (TPSA) is 96.0 Å². The minimum absolute atomic E-state index is 0.116. The Hall–Kier alpha value is -3.56. The van der Waals surface area contributed by atoms with Gasteiger partial charge < -0.3 is 15.0 Å². The Morgan fingerprint density at radius 2 is 1.65 bits per heavy atom. The number of carbonyl (C=O) groups is 2. The van der Waals surface area contributed by atoms with Crippen molar-refractivity contribution in [3.8, 4) is 5.75 Å². The molecule has 214 valence electrons. The number of hydrogen-bond donors (Lipinski definition) is 1. The van der Waals surface area contributed by atoms with Crippen LogP contribution < -0.4 is 14.4 Å². The van der Waals surface area contributed by atoms with Gasteiger partial charge in [-0.3, -0.25) is 13.9 Å². The first-order valence-electron chi connectivity index (χ1n) is 12.9. The first kappa shape index (κ1) is 31.0. The molecule has 40 heavy (non-hydrogen) atoms.